The third kappa shape index (κ3) is 26.6. The molecule has 0 saturated heterocycles. The van der Waals surface area contributed by atoms with Crippen LogP contribution in [0.1, 0.15) is 96.8 Å². The lowest BCUT2D eigenvalue weighted by Crippen LogP contribution is -2.37. The van der Waals surface area contributed by atoms with Crippen LogP contribution in [0.5, 0.6) is 0 Å². The van der Waals surface area contributed by atoms with E-state index in [1.165, 1.54) is 84.2 Å². The van der Waals surface area contributed by atoms with Gasteiger partial charge in [0.25, 0.3) is 7.82 Å². The molecule has 0 aliphatic heterocycles. The molecule has 7 nitrogen and oxygen atoms in total. The Morgan fingerprint density at radius 3 is 1.86 bits per heavy atom. The lowest BCUT2D eigenvalue weighted by molar-refractivity contribution is -0.870. The van der Waals surface area contributed by atoms with Gasteiger partial charge in [0.05, 0.1) is 34.4 Å². The van der Waals surface area contributed by atoms with Crippen LogP contribution in [-0.2, 0) is 23.1 Å². The molecule has 35 heavy (non-hydrogen) atoms. The Bertz CT molecular complexity index is 538. The van der Waals surface area contributed by atoms with Crippen molar-refractivity contribution in [1.82, 2.24) is 0 Å². The molecule has 2 atom stereocenters. The first kappa shape index (κ1) is 34.7. The second kappa shape index (κ2) is 22.9. The number of allylic oxidation sites excluding steroid dienone is 2. The molecule has 0 spiro atoms. The lowest BCUT2D eigenvalue weighted by Gasteiger charge is -2.28. The number of phosphoric ester groups is 1. The number of likely N-dealkylation sites (N-methyl/N-ethyl adjacent to an activating group) is 1. The molecule has 0 aromatic rings. The van der Waals surface area contributed by atoms with Crippen LogP contribution in [0.25, 0.3) is 0 Å². The summed E-state index contributed by atoms with van der Waals surface area (Å²) in [5.41, 5.74) is 0. The molecule has 0 aromatic carbocycles. The van der Waals surface area contributed by atoms with Gasteiger partial charge in [0.2, 0.25) is 0 Å². The molecule has 0 amide bonds. The molecule has 0 radical (unpaired) electrons. The molecule has 0 aliphatic carbocycles. The van der Waals surface area contributed by atoms with Crippen molar-refractivity contribution in [3.63, 3.8) is 0 Å². The molecule has 0 aliphatic rings. The summed E-state index contributed by atoms with van der Waals surface area (Å²) in [4.78, 5) is 11.9. The van der Waals surface area contributed by atoms with E-state index in [4.69, 9.17) is 18.5 Å². The number of phosphoric acid groups is 1. The highest BCUT2D eigenvalue weighted by molar-refractivity contribution is 7.45. The van der Waals surface area contributed by atoms with Gasteiger partial charge in [-0.3, -0.25) is 4.57 Å². The molecule has 210 valence electrons. The highest BCUT2D eigenvalue weighted by atomic mass is 31.2. The fourth-order valence-corrected chi connectivity index (χ4v) is 4.22. The molecule has 0 saturated carbocycles. The molecule has 2 unspecified atom stereocenters. The summed E-state index contributed by atoms with van der Waals surface area (Å²) in [6.07, 6.45) is 22.2. The van der Waals surface area contributed by atoms with E-state index in [1.807, 2.05) is 21.1 Å². The van der Waals surface area contributed by atoms with Gasteiger partial charge in [-0.05, 0) is 32.1 Å². The van der Waals surface area contributed by atoms with E-state index in [0.29, 0.717) is 24.2 Å². The van der Waals surface area contributed by atoms with Gasteiger partial charge in [-0.25, -0.2) is 0 Å². The largest absolute Gasteiger partial charge is 0.756 e. The Balaban J connectivity index is 3.55. The summed E-state index contributed by atoms with van der Waals surface area (Å²) in [7, 11) is 3.10. The van der Waals surface area contributed by atoms with E-state index in [2.05, 4.69) is 19.1 Å². The summed E-state index contributed by atoms with van der Waals surface area (Å²) in [6, 6.07) is 0. The number of hydrogen-bond acceptors (Lipinski definition) is 6. The van der Waals surface area contributed by atoms with Crippen molar-refractivity contribution in [2.45, 2.75) is 103 Å². The number of nitrogens with zero attached hydrogens (tertiary/aromatic N) is 1. The van der Waals surface area contributed by atoms with E-state index in [9.17, 15) is 9.46 Å². The molecule has 8 heteroatoms. The van der Waals surface area contributed by atoms with E-state index in [0.717, 1.165) is 12.8 Å². The van der Waals surface area contributed by atoms with Gasteiger partial charge in [0, 0.05) is 13.7 Å². The van der Waals surface area contributed by atoms with Crippen molar-refractivity contribution >= 4 is 7.82 Å². The van der Waals surface area contributed by atoms with Crippen LogP contribution in [0.15, 0.2) is 12.2 Å². The molecule has 0 bridgehead atoms. The predicted octanol–water partition coefficient (Wildman–Crippen LogP) is 6.26. The SMILES string of the molecule is CCCCCCCC/C=C/CCCCCCCCOCC(COP(=O)([O-])OCC[N+](C)(C)C)OC. The summed E-state index contributed by atoms with van der Waals surface area (Å²) in [6.45, 7) is 3.78. The van der Waals surface area contributed by atoms with E-state index in [-0.39, 0.29) is 13.2 Å². The zero-order chi connectivity index (χ0) is 26.3. The highest BCUT2D eigenvalue weighted by Crippen LogP contribution is 2.38. The fourth-order valence-electron chi connectivity index (χ4n) is 3.49. The minimum Gasteiger partial charge on any atom is -0.756 e. The van der Waals surface area contributed by atoms with Crippen LogP contribution in [-0.4, -0.2) is 71.8 Å². The van der Waals surface area contributed by atoms with Crippen LogP contribution in [0, 0.1) is 0 Å². The number of ether oxygens (including phenoxy) is 2. The van der Waals surface area contributed by atoms with Gasteiger partial charge in [-0.15, -0.1) is 0 Å². The van der Waals surface area contributed by atoms with Crippen molar-refractivity contribution in [2.24, 2.45) is 0 Å². The third-order valence-corrected chi connectivity index (χ3v) is 6.83. The van der Waals surface area contributed by atoms with Gasteiger partial charge in [0.1, 0.15) is 19.3 Å². The molecular formula is C27H56NO6P. The van der Waals surface area contributed by atoms with Crippen molar-refractivity contribution < 1.29 is 32.5 Å². The average molecular weight is 522 g/mol. The minimum absolute atomic E-state index is 0.0916. The van der Waals surface area contributed by atoms with Crippen molar-refractivity contribution in [1.29, 1.82) is 0 Å². The van der Waals surface area contributed by atoms with Gasteiger partial charge >= 0.3 is 0 Å². The molecule has 0 heterocycles. The first-order chi connectivity index (χ1) is 16.7. The van der Waals surface area contributed by atoms with Gasteiger partial charge < -0.3 is 27.9 Å². The topological polar surface area (TPSA) is 77.1 Å². The fraction of sp³-hybridized carbons (Fsp3) is 0.926. The van der Waals surface area contributed by atoms with Crippen LogP contribution in [0.3, 0.4) is 0 Å². The summed E-state index contributed by atoms with van der Waals surface area (Å²) in [5, 5.41) is 0. The highest BCUT2D eigenvalue weighted by Gasteiger charge is 2.16. The maximum atomic E-state index is 11.9. The van der Waals surface area contributed by atoms with E-state index in [1.54, 1.807) is 0 Å². The molecule has 0 N–H and O–H groups in total. The minimum atomic E-state index is -4.32. The quantitative estimate of drug-likeness (QED) is 0.0578. The monoisotopic (exact) mass is 521 g/mol. The van der Waals surface area contributed by atoms with Crippen LogP contribution < -0.4 is 4.89 Å². The summed E-state index contributed by atoms with van der Waals surface area (Å²) in [5.74, 6) is 0. The zero-order valence-corrected chi connectivity index (χ0v) is 24.4. The molecule has 0 aromatic heterocycles. The zero-order valence-electron chi connectivity index (χ0n) is 23.5. The van der Waals surface area contributed by atoms with Crippen molar-refractivity contribution in [2.75, 3.05) is 61.2 Å². The Labute approximate surface area is 216 Å². The predicted molar refractivity (Wildman–Crippen MR) is 143 cm³/mol. The second-order valence-electron chi connectivity index (χ2n) is 10.5. The smallest absolute Gasteiger partial charge is 0.268 e. The molecular weight excluding hydrogens is 465 g/mol. The normalized spacial score (nSPS) is 15.0. The summed E-state index contributed by atoms with van der Waals surface area (Å²) < 4.78 is 33.2. The van der Waals surface area contributed by atoms with Crippen LogP contribution in [0.2, 0.25) is 0 Å². The van der Waals surface area contributed by atoms with E-state index >= 15 is 0 Å². The summed E-state index contributed by atoms with van der Waals surface area (Å²) >= 11 is 0. The Morgan fingerprint density at radius 1 is 0.771 bits per heavy atom. The first-order valence-electron chi connectivity index (χ1n) is 13.9. The molecule has 0 rings (SSSR count). The number of unbranched alkanes of at least 4 members (excludes halogenated alkanes) is 12. The Morgan fingerprint density at radius 2 is 1.31 bits per heavy atom. The van der Waals surface area contributed by atoms with Gasteiger partial charge in [-0.2, -0.15) is 0 Å². The number of methoxy groups -OCH3 is 1. The first-order valence-corrected chi connectivity index (χ1v) is 15.3. The van der Waals surface area contributed by atoms with Crippen molar-refractivity contribution in [3.8, 4) is 0 Å². The number of rotatable bonds is 26. The number of quaternary nitrogens is 1. The Kier molecular flexibility index (Phi) is 22.7. The second-order valence-corrected chi connectivity index (χ2v) is 11.9. The van der Waals surface area contributed by atoms with Crippen LogP contribution in [0.4, 0.5) is 0 Å². The maximum absolute atomic E-state index is 11.9. The number of hydrogen-bond donors (Lipinski definition) is 0. The lowest BCUT2D eigenvalue weighted by atomic mass is 10.1. The molecule has 0 fully saturated rings. The maximum Gasteiger partial charge on any atom is 0.268 e. The average Bonchev–Trinajstić information content (AvgIpc) is 2.79. The third-order valence-electron chi connectivity index (χ3n) is 5.87. The van der Waals surface area contributed by atoms with Gasteiger partial charge in [0.15, 0.2) is 0 Å². The Hall–Kier alpha value is -0.270. The van der Waals surface area contributed by atoms with Gasteiger partial charge in [-0.1, -0.05) is 76.9 Å². The van der Waals surface area contributed by atoms with Crippen molar-refractivity contribution in [3.05, 3.63) is 12.2 Å². The van der Waals surface area contributed by atoms with Crippen LogP contribution >= 0.6 is 7.82 Å². The van der Waals surface area contributed by atoms with E-state index < -0.39 is 13.9 Å². The standard InChI is InChI=1S/C27H56NO6P/c1-6-7-8-9-10-11-12-13-14-15-16-17-18-19-20-21-23-32-25-27(31-5)26-34-35(29,30)33-24-22-28(2,3)4/h13-14,27H,6-12,15-26H2,1-5H3/b14-13+.